The molecule has 2 nitrogen and oxygen atoms in total. The van der Waals surface area contributed by atoms with Gasteiger partial charge in [-0.05, 0) is 38.4 Å². The summed E-state index contributed by atoms with van der Waals surface area (Å²) in [5.41, 5.74) is 5.91. The predicted molar refractivity (Wildman–Crippen MR) is 77.8 cm³/mol. The minimum absolute atomic E-state index is 0.279. The lowest BCUT2D eigenvalue weighted by atomic mass is 10.0. The third-order valence-corrected chi connectivity index (χ3v) is 4.48. The molecule has 2 atom stereocenters. The quantitative estimate of drug-likeness (QED) is 0.856. The van der Waals surface area contributed by atoms with E-state index in [2.05, 4.69) is 38.8 Å². The molecule has 0 amide bonds. The highest BCUT2D eigenvalue weighted by molar-refractivity contribution is 7.16. The summed E-state index contributed by atoms with van der Waals surface area (Å²) in [6.07, 6.45) is 1.19. The van der Waals surface area contributed by atoms with E-state index in [0.717, 1.165) is 4.34 Å². The van der Waals surface area contributed by atoms with E-state index < -0.39 is 0 Å². The molecule has 0 spiro atoms. The summed E-state index contributed by atoms with van der Waals surface area (Å²) in [6.45, 7) is 7.40. The van der Waals surface area contributed by atoms with Crippen LogP contribution in [0.2, 0.25) is 4.34 Å². The molecule has 98 valence electrons. The van der Waals surface area contributed by atoms with E-state index in [1.165, 1.54) is 11.3 Å². The Balaban J connectivity index is 2.73. The largest absolute Gasteiger partial charge is 0.329 e. The molecule has 4 heteroatoms. The average molecular weight is 275 g/mol. The van der Waals surface area contributed by atoms with Crippen LogP contribution in [-0.2, 0) is 0 Å². The second-order valence-corrected chi connectivity index (χ2v) is 6.78. The maximum Gasteiger partial charge on any atom is 0.0931 e. The van der Waals surface area contributed by atoms with Crippen molar-refractivity contribution in [3.8, 4) is 0 Å². The number of likely N-dealkylation sites (N-methyl/N-ethyl adjacent to an activating group) is 1. The normalized spacial score (nSPS) is 15.5. The fourth-order valence-corrected chi connectivity index (χ4v) is 3.37. The molecule has 17 heavy (non-hydrogen) atoms. The van der Waals surface area contributed by atoms with Crippen LogP contribution < -0.4 is 5.73 Å². The number of nitrogens with zero attached hydrogens (tertiary/aromatic N) is 1. The van der Waals surface area contributed by atoms with Crippen molar-refractivity contribution < 1.29 is 0 Å². The fraction of sp³-hybridized carbons (Fsp3) is 0.692. The number of hydrogen-bond donors (Lipinski definition) is 1. The van der Waals surface area contributed by atoms with Crippen molar-refractivity contribution in [2.45, 2.75) is 39.3 Å². The van der Waals surface area contributed by atoms with Crippen LogP contribution >= 0.6 is 22.9 Å². The molecule has 0 saturated carbocycles. The van der Waals surface area contributed by atoms with Crippen molar-refractivity contribution in [3.05, 3.63) is 21.3 Å². The second kappa shape index (κ2) is 6.74. The standard InChI is InChI=1S/C13H23ClN2S/c1-9(2)7-10(3)16(4)11(8-15)12-5-6-13(14)17-12/h5-6,9-11H,7-8,15H2,1-4H3. The first-order chi connectivity index (χ1) is 7.95. The van der Waals surface area contributed by atoms with Gasteiger partial charge in [-0.2, -0.15) is 0 Å². The lowest BCUT2D eigenvalue weighted by Gasteiger charge is -2.32. The van der Waals surface area contributed by atoms with E-state index in [0.29, 0.717) is 18.5 Å². The first kappa shape index (κ1) is 15.0. The maximum absolute atomic E-state index is 5.99. The summed E-state index contributed by atoms with van der Waals surface area (Å²) >= 11 is 7.62. The zero-order valence-electron chi connectivity index (χ0n) is 11.1. The second-order valence-electron chi connectivity index (χ2n) is 5.04. The monoisotopic (exact) mass is 274 g/mol. The van der Waals surface area contributed by atoms with Gasteiger partial charge in [0.1, 0.15) is 0 Å². The van der Waals surface area contributed by atoms with E-state index in [1.807, 2.05) is 6.07 Å². The van der Waals surface area contributed by atoms with Crippen LogP contribution in [0.3, 0.4) is 0 Å². The smallest absolute Gasteiger partial charge is 0.0931 e. The molecule has 0 radical (unpaired) electrons. The van der Waals surface area contributed by atoms with Crippen LogP contribution in [0.1, 0.15) is 38.1 Å². The fourth-order valence-electron chi connectivity index (χ4n) is 2.15. The van der Waals surface area contributed by atoms with Gasteiger partial charge in [-0.3, -0.25) is 4.90 Å². The number of hydrogen-bond acceptors (Lipinski definition) is 3. The summed E-state index contributed by atoms with van der Waals surface area (Å²) in [4.78, 5) is 3.62. The van der Waals surface area contributed by atoms with Gasteiger partial charge in [-0.1, -0.05) is 25.4 Å². The summed E-state index contributed by atoms with van der Waals surface area (Å²) in [5, 5.41) is 0. The predicted octanol–water partition coefficient (Wildman–Crippen LogP) is 3.77. The lowest BCUT2D eigenvalue weighted by Crippen LogP contribution is -2.37. The van der Waals surface area contributed by atoms with Gasteiger partial charge in [0, 0.05) is 17.5 Å². The molecule has 2 N–H and O–H groups in total. The zero-order valence-corrected chi connectivity index (χ0v) is 12.7. The van der Waals surface area contributed by atoms with Crippen LogP contribution in [0, 0.1) is 5.92 Å². The molecule has 0 aliphatic rings. The molecule has 1 heterocycles. The van der Waals surface area contributed by atoms with Gasteiger partial charge in [0.05, 0.1) is 10.4 Å². The Morgan fingerprint density at radius 1 is 1.35 bits per heavy atom. The third-order valence-electron chi connectivity index (χ3n) is 3.15. The van der Waals surface area contributed by atoms with Crippen molar-refractivity contribution in [2.75, 3.05) is 13.6 Å². The van der Waals surface area contributed by atoms with Crippen LogP contribution in [0.25, 0.3) is 0 Å². The molecular weight excluding hydrogens is 252 g/mol. The van der Waals surface area contributed by atoms with Gasteiger partial charge >= 0.3 is 0 Å². The number of thiophene rings is 1. The van der Waals surface area contributed by atoms with Gasteiger partial charge in [0.15, 0.2) is 0 Å². The van der Waals surface area contributed by atoms with E-state index in [4.69, 9.17) is 17.3 Å². The Bertz CT molecular complexity index is 338. The van der Waals surface area contributed by atoms with Crippen molar-refractivity contribution in [1.29, 1.82) is 0 Å². The molecular formula is C13H23ClN2S. The molecule has 0 bridgehead atoms. The molecule has 0 aliphatic heterocycles. The molecule has 1 rings (SSSR count). The van der Waals surface area contributed by atoms with E-state index in [-0.39, 0.29) is 6.04 Å². The highest BCUT2D eigenvalue weighted by Gasteiger charge is 2.22. The number of nitrogens with two attached hydrogens (primary N) is 1. The zero-order chi connectivity index (χ0) is 13.0. The van der Waals surface area contributed by atoms with Crippen LogP contribution in [0.5, 0.6) is 0 Å². The highest BCUT2D eigenvalue weighted by atomic mass is 35.5. The summed E-state index contributed by atoms with van der Waals surface area (Å²) in [6, 6.07) is 4.85. The Morgan fingerprint density at radius 2 is 2.00 bits per heavy atom. The van der Waals surface area contributed by atoms with Crippen molar-refractivity contribution in [2.24, 2.45) is 11.7 Å². The summed E-state index contributed by atoms with van der Waals surface area (Å²) in [7, 11) is 2.15. The topological polar surface area (TPSA) is 29.3 Å². The van der Waals surface area contributed by atoms with E-state index in [9.17, 15) is 0 Å². The van der Waals surface area contributed by atoms with Gasteiger partial charge in [0.25, 0.3) is 0 Å². The van der Waals surface area contributed by atoms with Crippen molar-refractivity contribution >= 4 is 22.9 Å². The van der Waals surface area contributed by atoms with E-state index >= 15 is 0 Å². The van der Waals surface area contributed by atoms with Crippen LogP contribution in [-0.4, -0.2) is 24.5 Å². The molecule has 0 aliphatic carbocycles. The van der Waals surface area contributed by atoms with Gasteiger partial charge in [0.2, 0.25) is 0 Å². The maximum atomic E-state index is 5.99. The minimum atomic E-state index is 0.279. The Hall–Kier alpha value is -0.0900. The Kier molecular flexibility index (Phi) is 5.93. The Labute approximate surface area is 114 Å². The van der Waals surface area contributed by atoms with Crippen LogP contribution in [0.15, 0.2) is 12.1 Å². The molecule has 2 unspecified atom stereocenters. The van der Waals surface area contributed by atoms with Crippen molar-refractivity contribution in [3.63, 3.8) is 0 Å². The van der Waals surface area contributed by atoms with Crippen LogP contribution in [0.4, 0.5) is 0 Å². The Morgan fingerprint density at radius 3 is 2.41 bits per heavy atom. The first-order valence-electron chi connectivity index (χ1n) is 6.13. The average Bonchev–Trinajstić information content (AvgIpc) is 2.64. The first-order valence-corrected chi connectivity index (χ1v) is 7.32. The summed E-state index contributed by atoms with van der Waals surface area (Å²) in [5.74, 6) is 0.706. The molecule has 0 saturated heterocycles. The highest BCUT2D eigenvalue weighted by Crippen LogP contribution is 2.31. The number of rotatable bonds is 6. The molecule has 0 aromatic carbocycles. The van der Waals surface area contributed by atoms with Gasteiger partial charge < -0.3 is 5.73 Å². The minimum Gasteiger partial charge on any atom is -0.329 e. The lowest BCUT2D eigenvalue weighted by molar-refractivity contribution is 0.171. The van der Waals surface area contributed by atoms with Gasteiger partial charge in [-0.25, -0.2) is 0 Å². The molecule has 1 aromatic heterocycles. The molecule has 0 fully saturated rings. The SMILES string of the molecule is CC(C)CC(C)N(C)C(CN)c1ccc(Cl)s1. The molecule has 1 aromatic rings. The van der Waals surface area contributed by atoms with Gasteiger partial charge in [-0.15, -0.1) is 11.3 Å². The van der Waals surface area contributed by atoms with E-state index in [1.54, 1.807) is 11.3 Å². The number of halogens is 1. The summed E-state index contributed by atoms with van der Waals surface area (Å²) < 4.78 is 0.836. The van der Waals surface area contributed by atoms with Crippen molar-refractivity contribution in [1.82, 2.24) is 4.90 Å². The third kappa shape index (κ3) is 4.25.